The van der Waals surface area contributed by atoms with E-state index in [2.05, 4.69) is 9.88 Å². The number of pyridine rings is 2. The minimum absolute atomic E-state index is 0.00299. The number of carbonyl (C=O) groups is 1. The first-order valence-electron chi connectivity index (χ1n) is 9.31. The molecule has 6 nitrogen and oxygen atoms in total. The first-order chi connectivity index (χ1) is 12.7. The number of aromatic nitrogens is 2. The van der Waals surface area contributed by atoms with Crippen molar-refractivity contribution in [2.45, 2.75) is 25.9 Å². The van der Waals surface area contributed by atoms with E-state index in [4.69, 9.17) is 0 Å². The normalized spacial score (nSPS) is 18.1. The van der Waals surface area contributed by atoms with Crippen LogP contribution in [0.4, 0.5) is 0 Å². The number of hydrogen-bond acceptors (Lipinski definition) is 4. The third-order valence-corrected chi connectivity index (χ3v) is 5.15. The van der Waals surface area contributed by atoms with Crippen molar-refractivity contribution < 1.29 is 4.79 Å². The van der Waals surface area contributed by atoms with Crippen molar-refractivity contribution in [1.29, 1.82) is 0 Å². The standard InChI is InChI=1S/C20H24N4O2/c25-19-7-6-17(15-24(19)14-16-4-5-16)13-22-9-11-23(12-10-22)20(26)18-3-1-2-8-21-18/h1-3,6-8,15-16H,4-5,9-14H2. The number of amides is 1. The summed E-state index contributed by atoms with van der Waals surface area (Å²) in [5, 5.41) is 0. The van der Waals surface area contributed by atoms with Gasteiger partial charge in [-0.2, -0.15) is 0 Å². The summed E-state index contributed by atoms with van der Waals surface area (Å²) in [6.45, 7) is 4.74. The molecule has 2 aromatic heterocycles. The van der Waals surface area contributed by atoms with E-state index < -0.39 is 0 Å². The molecule has 0 spiro atoms. The molecule has 0 unspecified atom stereocenters. The van der Waals surface area contributed by atoms with Crippen LogP contribution in [0.5, 0.6) is 0 Å². The van der Waals surface area contributed by atoms with E-state index >= 15 is 0 Å². The second-order valence-electron chi connectivity index (χ2n) is 7.25. The van der Waals surface area contributed by atoms with Crippen LogP contribution in [0.1, 0.15) is 28.9 Å². The van der Waals surface area contributed by atoms with Gasteiger partial charge >= 0.3 is 0 Å². The van der Waals surface area contributed by atoms with Gasteiger partial charge in [-0.25, -0.2) is 0 Å². The van der Waals surface area contributed by atoms with E-state index in [9.17, 15) is 9.59 Å². The molecule has 1 aliphatic carbocycles. The zero-order valence-corrected chi connectivity index (χ0v) is 14.9. The van der Waals surface area contributed by atoms with Crippen molar-refractivity contribution >= 4 is 5.91 Å². The Morgan fingerprint density at radius 2 is 1.88 bits per heavy atom. The van der Waals surface area contributed by atoms with Crippen molar-refractivity contribution in [3.8, 4) is 0 Å². The van der Waals surface area contributed by atoms with Gasteiger partial charge in [-0.05, 0) is 36.5 Å². The molecule has 1 saturated carbocycles. The topological polar surface area (TPSA) is 58.4 Å². The number of carbonyl (C=O) groups excluding carboxylic acids is 1. The van der Waals surface area contributed by atoms with Gasteiger partial charge in [0.15, 0.2) is 0 Å². The van der Waals surface area contributed by atoms with Crippen LogP contribution in [-0.2, 0) is 13.1 Å². The van der Waals surface area contributed by atoms with Gasteiger partial charge < -0.3 is 9.47 Å². The molecule has 2 aliphatic rings. The van der Waals surface area contributed by atoms with Crippen LogP contribution in [0.2, 0.25) is 0 Å². The third kappa shape index (κ3) is 4.02. The first-order valence-corrected chi connectivity index (χ1v) is 9.31. The van der Waals surface area contributed by atoms with Gasteiger partial charge in [0.2, 0.25) is 0 Å². The van der Waals surface area contributed by atoms with E-state index in [1.54, 1.807) is 18.3 Å². The zero-order chi connectivity index (χ0) is 17.9. The number of hydrogen-bond donors (Lipinski definition) is 0. The molecule has 1 aliphatic heterocycles. The smallest absolute Gasteiger partial charge is 0.272 e. The van der Waals surface area contributed by atoms with E-state index in [0.717, 1.165) is 31.7 Å². The Morgan fingerprint density at radius 1 is 1.08 bits per heavy atom. The van der Waals surface area contributed by atoms with Gasteiger partial charge in [0.25, 0.3) is 11.5 Å². The van der Waals surface area contributed by atoms with E-state index in [0.29, 0.717) is 24.7 Å². The maximum atomic E-state index is 12.5. The molecule has 1 amide bonds. The Balaban J connectivity index is 1.34. The molecule has 0 aromatic carbocycles. The van der Waals surface area contributed by atoms with Crippen LogP contribution in [0.3, 0.4) is 0 Å². The molecular weight excluding hydrogens is 328 g/mol. The fourth-order valence-corrected chi connectivity index (χ4v) is 3.41. The molecule has 3 heterocycles. The summed E-state index contributed by atoms with van der Waals surface area (Å²) in [6, 6.07) is 9.03. The fraction of sp³-hybridized carbons (Fsp3) is 0.450. The lowest BCUT2D eigenvalue weighted by molar-refractivity contribution is 0.0622. The van der Waals surface area contributed by atoms with Gasteiger partial charge in [0, 0.05) is 57.7 Å². The second-order valence-corrected chi connectivity index (χ2v) is 7.25. The Morgan fingerprint density at radius 3 is 2.58 bits per heavy atom. The lowest BCUT2D eigenvalue weighted by Gasteiger charge is -2.34. The Labute approximate surface area is 153 Å². The minimum Gasteiger partial charge on any atom is -0.335 e. The summed E-state index contributed by atoms with van der Waals surface area (Å²) < 4.78 is 1.86. The summed E-state index contributed by atoms with van der Waals surface area (Å²) >= 11 is 0. The first kappa shape index (κ1) is 17.0. The van der Waals surface area contributed by atoms with Gasteiger partial charge in [-0.3, -0.25) is 19.5 Å². The summed E-state index contributed by atoms with van der Waals surface area (Å²) in [5.74, 6) is 0.687. The van der Waals surface area contributed by atoms with Crippen LogP contribution in [-0.4, -0.2) is 51.4 Å². The highest BCUT2D eigenvalue weighted by molar-refractivity contribution is 5.92. The second kappa shape index (κ2) is 7.41. The average molecular weight is 352 g/mol. The van der Waals surface area contributed by atoms with Crippen LogP contribution in [0.25, 0.3) is 0 Å². The van der Waals surface area contributed by atoms with Crippen LogP contribution < -0.4 is 5.56 Å². The summed E-state index contributed by atoms with van der Waals surface area (Å²) in [7, 11) is 0. The van der Waals surface area contributed by atoms with Gasteiger partial charge in [0.05, 0.1) is 0 Å². The molecule has 6 heteroatoms. The molecule has 1 saturated heterocycles. The van der Waals surface area contributed by atoms with Crippen LogP contribution in [0.15, 0.2) is 47.5 Å². The maximum Gasteiger partial charge on any atom is 0.272 e. The molecule has 2 fully saturated rings. The van der Waals surface area contributed by atoms with Crippen molar-refractivity contribution in [3.05, 3.63) is 64.3 Å². The molecule has 0 radical (unpaired) electrons. The predicted molar refractivity (Wildman–Crippen MR) is 98.8 cm³/mol. The SMILES string of the molecule is O=C(c1ccccn1)N1CCN(Cc2ccc(=O)n(CC3CC3)c2)CC1. The lowest BCUT2D eigenvalue weighted by Crippen LogP contribution is -2.48. The van der Waals surface area contributed by atoms with Gasteiger partial charge in [-0.15, -0.1) is 0 Å². The number of nitrogens with zero attached hydrogens (tertiary/aromatic N) is 4. The quantitative estimate of drug-likeness (QED) is 0.820. The van der Waals surface area contributed by atoms with Gasteiger partial charge in [0.1, 0.15) is 5.69 Å². The van der Waals surface area contributed by atoms with E-state index in [-0.39, 0.29) is 11.5 Å². The molecule has 4 rings (SSSR count). The van der Waals surface area contributed by atoms with Gasteiger partial charge in [-0.1, -0.05) is 12.1 Å². The third-order valence-electron chi connectivity index (χ3n) is 5.15. The summed E-state index contributed by atoms with van der Waals surface area (Å²) in [4.78, 5) is 32.8. The van der Waals surface area contributed by atoms with Crippen LogP contribution in [0, 0.1) is 5.92 Å². The molecule has 0 N–H and O–H groups in total. The molecular formula is C20H24N4O2. The highest BCUT2D eigenvalue weighted by Gasteiger charge is 2.24. The molecule has 136 valence electrons. The number of rotatable bonds is 5. The highest BCUT2D eigenvalue weighted by atomic mass is 16.2. The van der Waals surface area contributed by atoms with Crippen LogP contribution >= 0.6 is 0 Å². The lowest BCUT2D eigenvalue weighted by atomic mass is 10.2. The molecule has 26 heavy (non-hydrogen) atoms. The van der Waals surface area contributed by atoms with Crippen molar-refractivity contribution in [3.63, 3.8) is 0 Å². The molecule has 0 bridgehead atoms. The Bertz CT molecular complexity index is 821. The monoisotopic (exact) mass is 352 g/mol. The fourth-order valence-electron chi connectivity index (χ4n) is 3.41. The average Bonchev–Trinajstić information content (AvgIpc) is 3.49. The molecule has 2 aromatic rings. The summed E-state index contributed by atoms with van der Waals surface area (Å²) in [6.07, 6.45) is 6.14. The van der Waals surface area contributed by atoms with Crippen molar-refractivity contribution in [1.82, 2.24) is 19.4 Å². The minimum atomic E-state index is 0.00299. The zero-order valence-electron chi connectivity index (χ0n) is 14.9. The number of piperazine rings is 1. The Hall–Kier alpha value is -2.47. The predicted octanol–water partition coefficient (Wildman–Crippen LogP) is 1.61. The summed E-state index contributed by atoms with van der Waals surface area (Å²) in [5.41, 5.74) is 1.76. The van der Waals surface area contributed by atoms with E-state index in [1.807, 2.05) is 33.9 Å². The van der Waals surface area contributed by atoms with Crippen molar-refractivity contribution in [2.75, 3.05) is 26.2 Å². The maximum absolute atomic E-state index is 12.5. The highest BCUT2D eigenvalue weighted by Crippen LogP contribution is 2.30. The van der Waals surface area contributed by atoms with E-state index in [1.165, 1.54) is 12.8 Å². The molecule has 0 atom stereocenters. The van der Waals surface area contributed by atoms with Crippen molar-refractivity contribution in [2.24, 2.45) is 5.92 Å². The largest absolute Gasteiger partial charge is 0.335 e. The Kier molecular flexibility index (Phi) is 4.84.